The highest BCUT2D eigenvalue weighted by atomic mass is 32.2. The number of nitrogens with zero attached hydrogens (tertiary/aromatic N) is 3. The van der Waals surface area contributed by atoms with Crippen molar-refractivity contribution in [1.82, 2.24) is 9.88 Å². The Kier molecular flexibility index (Phi) is 6.70. The zero-order valence-corrected chi connectivity index (χ0v) is 16.2. The van der Waals surface area contributed by atoms with E-state index in [1.165, 1.54) is 11.8 Å². The number of aromatic nitrogens is 1. The molecule has 0 unspecified atom stereocenters. The van der Waals surface area contributed by atoms with Gasteiger partial charge in [0.25, 0.3) is 0 Å². The van der Waals surface area contributed by atoms with Gasteiger partial charge in [0.2, 0.25) is 11.8 Å². The van der Waals surface area contributed by atoms with Crippen LogP contribution in [0.3, 0.4) is 0 Å². The maximum Gasteiger partial charge on any atom is 0.234 e. The van der Waals surface area contributed by atoms with E-state index in [9.17, 15) is 9.59 Å². The summed E-state index contributed by atoms with van der Waals surface area (Å²) >= 11 is 1.36. The molecule has 0 aliphatic carbocycles. The van der Waals surface area contributed by atoms with Crippen molar-refractivity contribution in [2.45, 2.75) is 6.92 Å². The minimum Gasteiger partial charge on any atom is -0.368 e. The maximum atomic E-state index is 12.4. The summed E-state index contributed by atoms with van der Waals surface area (Å²) in [7, 11) is 0. The number of carbonyl (C=O) groups is 2. The van der Waals surface area contributed by atoms with E-state index in [0.717, 1.165) is 30.0 Å². The molecule has 7 heteroatoms. The van der Waals surface area contributed by atoms with Crippen LogP contribution in [0.25, 0.3) is 0 Å². The van der Waals surface area contributed by atoms with Gasteiger partial charge in [0.15, 0.2) is 0 Å². The fraction of sp³-hybridized carbons (Fsp3) is 0.350. The SMILES string of the molecule is Cc1cccc(NC(=O)CSCC(=O)N2CCN(c3ccncc3)CC2)c1. The first-order valence-corrected chi connectivity index (χ1v) is 10.1. The molecule has 2 heterocycles. The summed E-state index contributed by atoms with van der Waals surface area (Å²) in [4.78, 5) is 32.6. The van der Waals surface area contributed by atoms with Crippen LogP contribution in [-0.2, 0) is 9.59 Å². The summed E-state index contributed by atoms with van der Waals surface area (Å²) in [5.41, 5.74) is 3.03. The van der Waals surface area contributed by atoms with Crippen LogP contribution in [0.1, 0.15) is 5.56 Å². The minimum absolute atomic E-state index is 0.0825. The highest BCUT2D eigenvalue weighted by Crippen LogP contribution is 2.16. The topological polar surface area (TPSA) is 65.5 Å². The zero-order valence-electron chi connectivity index (χ0n) is 15.4. The number of anilines is 2. The van der Waals surface area contributed by atoms with Gasteiger partial charge in [0.1, 0.15) is 0 Å². The zero-order chi connectivity index (χ0) is 19.1. The summed E-state index contributed by atoms with van der Waals surface area (Å²) in [5.74, 6) is 0.617. The average molecular weight is 385 g/mol. The van der Waals surface area contributed by atoms with Gasteiger partial charge in [-0.1, -0.05) is 12.1 Å². The van der Waals surface area contributed by atoms with Crippen LogP contribution in [0.2, 0.25) is 0 Å². The van der Waals surface area contributed by atoms with Gasteiger partial charge in [-0.15, -0.1) is 11.8 Å². The molecule has 1 saturated heterocycles. The second-order valence-electron chi connectivity index (χ2n) is 6.48. The molecule has 0 spiro atoms. The molecule has 1 aromatic carbocycles. The molecular weight excluding hydrogens is 360 g/mol. The van der Waals surface area contributed by atoms with Gasteiger partial charge in [0, 0.05) is 49.9 Å². The molecule has 3 rings (SSSR count). The third-order valence-electron chi connectivity index (χ3n) is 4.42. The van der Waals surface area contributed by atoms with E-state index in [-0.39, 0.29) is 17.6 Å². The molecule has 0 radical (unpaired) electrons. The predicted octanol–water partition coefficient (Wildman–Crippen LogP) is 2.41. The normalized spacial score (nSPS) is 14.1. The molecule has 1 aromatic heterocycles. The summed E-state index contributed by atoms with van der Waals surface area (Å²) < 4.78 is 0. The van der Waals surface area contributed by atoms with Crippen molar-refractivity contribution in [3.63, 3.8) is 0 Å². The number of rotatable bonds is 6. The first-order valence-electron chi connectivity index (χ1n) is 8.99. The Morgan fingerprint density at radius 1 is 1.07 bits per heavy atom. The van der Waals surface area contributed by atoms with E-state index in [2.05, 4.69) is 15.2 Å². The highest BCUT2D eigenvalue weighted by molar-refractivity contribution is 8.00. The lowest BCUT2D eigenvalue weighted by atomic mass is 10.2. The molecule has 0 saturated carbocycles. The number of hydrogen-bond acceptors (Lipinski definition) is 5. The lowest BCUT2D eigenvalue weighted by Crippen LogP contribution is -2.49. The molecule has 0 bridgehead atoms. The van der Waals surface area contributed by atoms with Crippen LogP contribution in [0.15, 0.2) is 48.8 Å². The lowest BCUT2D eigenvalue weighted by Gasteiger charge is -2.36. The number of aryl methyl sites for hydroxylation is 1. The van der Waals surface area contributed by atoms with Crippen molar-refractivity contribution in [2.75, 3.05) is 47.9 Å². The van der Waals surface area contributed by atoms with Crippen molar-refractivity contribution < 1.29 is 9.59 Å². The monoisotopic (exact) mass is 384 g/mol. The Morgan fingerprint density at radius 3 is 2.52 bits per heavy atom. The molecule has 1 aliphatic heterocycles. The van der Waals surface area contributed by atoms with E-state index in [4.69, 9.17) is 0 Å². The van der Waals surface area contributed by atoms with Gasteiger partial charge >= 0.3 is 0 Å². The van der Waals surface area contributed by atoms with Crippen molar-refractivity contribution in [3.8, 4) is 0 Å². The Bertz CT molecular complexity index is 777. The third-order valence-corrected chi connectivity index (χ3v) is 5.34. The molecule has 0 atom stereocenters. The Hall–Kier alpha value is -2.54. The Morgan fingerprint density at radius 2 is 1.81 bits per heavy atom. The molecule has 27 heavy (non-hydrogen) atoms. The standard InChI is InChI=1S/C20H24N4O2S/c1-16-3-2-4-17(13-16)22-19(25)14-27-15-20(26)24-11-9-23(10-12-24)18-5-7-21-8-6-18/h2-8,13H,9-12,14-15H2,1H3,(H,22,25). The molecule has 1 fully saturated rings. The van der Waals surface area contributed by atoms with Crippen LogP contribution in [0.5, 0.6) is 0 Å². The van der Waals surface area contributed by atoms with Crippen LogP contribution >= 0.6 is 11.8 Å². The number of benzene rings is 1. The van der Waals surface area contributed by atoms with Gasteiger partial charge in [-0.3, -0.25) is 14.6 Å². The number of carbonyl (C=O) groups excluding carboxylic acids is 2. The van der Waals surface area contributed by atoms with Crippen LogP contribution < -0.4 is 10.2 Å². The second-order valence-corrected chi connectivity index (χ2v) is 7.47. The van der Waals surface area contributed by atoms with Crippen molar-refractivity contribution >= 4 is 35.0 Å². The lowest BCUT2D eigenvalue weighted by molar-refractivity contribution is -0.128. The minimum atomic E-state index is -0.0825. The first-order chi connectivity index (χ1) is 13.1. The molecule has 2 aromatic rings. The summed E-state index contributed by atoms with van der Waals surface area (Å²) in [5, 5.41) is 2.86. The average Bonchev–Trinajstić information content (AvgIpc) is 2.69. The number of piperazine rings is 1. The number of nitrogens with one attached hydrogen (secondary N) is 1. The van der Waals surface area contributed by atoms with Gasteiger partial charge in [-0.25, -0.2) is 0 Å². The highest BCUT2D eigenvalue weighted by Gasteiger charge is 2.21. The van der Waals surface area contributed by atoms with Crippen LogP contribution in [0.4, 0.5) is 11.4 Å². The van der Waals surface area contributed by atoms with Gasteiger partial charge in [0.05, 0.1) is 11.5 Å². The molecule has 6 nitrogen and oxygen atoms in total. The van der Waals surface area contributed by atoms with Gasteiger partial charge < -0.3 is 15.1 Å². The molecule has 1 aliphatic rings. The molecule has 2 amide bonds. The van der Waals surface area contributed by atoms with E-state index in [0.29, 0.717) is 18.8 Å². The first kappa shape index (κ1) is 19.2. The summed E-state index contributed by atoms with van der Waals surface area (Å²) in [6, 6.07) is 11.7. The van der Waals surface area contributed by atoms with Crippen LogP contribution in [0, 0.1) is 6.92 Å². The van der Waals surface area contributed by atoms with Crippen molar-refractivity contribution in [1.29, 1.82) is 0 Å². The third kappa shape index (κ3) is 5.72. The van der Waals surface area contributed by atoms with Crippen molar-refractivity contribution in [2.24, 2.45) is 0 Å². The number of hydrogen-bond donors (Lipinski definition) is 1. The second kappa shape index (κ2) is 9.41. The van der Waals surface area contributed by atoms with Gasteiger partial charge in [-0.05, 0) is 36.8 Å². The molecular formula is C20H24N4O2S. The summed E-state index contributed by atoms with van der Waals surface area (Å²) in [6.45, 7) is 5.02. The Balaban J connectivity index is 1.37. The fourth-order valence-electron chi connectivity index (χ4n) is 3.01. The van der Waals surface area contributed by atoms with Crippen molar-refractivity contribution in [3.05, 3.63) is 54.4 Å². The van der Waals surface area contributed by atoms with Gasteiger partial charge in [-0.2, -0.15) is 0 Å². The van der Waals surface area contributed by atoms with Crippen LogP contribution in [-0.4, -0.2) is 59.4 Å². The smallest absolute Gasteiger partial charge is 0.234 e. The molecule has 1 N–H and O–H groups in total. The largest absolute Gasteiger partial charge is 0.368 e. The van der Waals surface area contributed by atoms with E-state index in [1.807, 2.05) is 48.2 Å². The quantitative estimate of drug-likeness (QED) is 0.829. The number of pyridine rings is 1. The Labute approximate surface area is 164 Å². The predicted molar refractivity (Wildman–Crippen MR) is 110 cm³/mol. The number of thioether (sulfide) groups is 1. The fourth-order valence-corrected chi connectivity index (χ4v) is 3.73. The maximum absolute atomic E-state index is 12.4. The molecule has 142 valence electrons. The summed E-state index contributed by atoms with van der Waals surface area (Å²) in [6.07, 6.45) is 3.57. The van der Waals surface area contributed by atoms with E-state index in [1.54, 1.807) is 12.4 Å². The number of amides is 2. The van der Waals surface area contributed by atoms with E-state index < -0.39 is 0 Å². The van der Waals surface area contributed by atoms with E-state index >= 15 is 0 Å².